The SMILES string of the molecule is CC[C@H]1CCC(=O)[C@@H]1[C@@H](O)C1CCCCC1. The number of rotatable bonds is 3. The van der Waals surface area contributed by atoms with Crippen LogP contribution in [0.5, 0.6) is 0 Å². The molecule has 0 aromatic carbocycles. The summed E-state index contributed by atoms with van der Waals surface area (Å²) >= 11 is 0. The van der Waals surface area contributed by atoms with Gasteiger partial charge in [-0.1, -0.05) is 32.6 Å². The van der Waals surface area contributed by atoms with Crippen molar-refractivity contribution in [2.45, 2.75) is 64.4 Å². The molecule has 0 aromatic heterocycles. The third-order valence-electron chi connectivity index (χ3n) is 4.67. The Morgan fingerprint density at radius 2 is 1.94 bits per heavy atom. The molecule has 2 fully saturated rings. The number of hydrogen-bond acceptors (Lipinski definition) is 2. The van der Waals surface area contributed by atoms with E-state index in [4.69, 9.17) is 0 Å². The number of ketones is 1. The zero-order valence-corrected chi connectivity index (χ0v) is 10.3. The van der Waals surface area contributed by atoms with Crippen molar-refractivity contribution < 1.29 is 9.90 Å². The summed E-state index contributed by atoms with van der Waals surface area (Å²) in [4.78, 5) is 11.9. The van der Waals surface area contributed by atoms with E-state index in [-0.39, 0.29) is 12.0 Å². The first-order valence-electron chi connectivity index (χ1n) is 6.94. The van der Waals surface area contributed by atoms with Crippen molar-refractivity contribution in [3.05, 3.63) is 0 Å². The second-order valence-corrected chi connectivity index (χ2v) is 5.59. The Hall–Kier alpha value is -0.370. The lowest BCUT2D eigenvalue weighted by Gasteiger charge is -2.32. The van der Waals surface area contributed by atoms with Gasteiger partial charge in [-0.25, -0.2) is 0 Å². The lowest BCUT2D eigenvalue weighted by Crippen LogP contribution is -2.36. The maximum absolute atomic E-state index is 11.9. The van der Waals surface area contributed by atoms with E-state index in [2.05, 4.69) is 6.92 Å². The average molecular weight is 224 g/mol. The third-order valence-corrected chi connectivity index (χ3v) is 4.67. The highest BCUT2D eigenvalue weighted by Gasteiger charge is 2.41. The van der Waals surface area contributed by atoms with Crippen LogP contribution in [0.3, 0.4) is 0 Å². The first kappa shape index (κ1) is 12.1. The number of Topliss-reactive ketones (excluding diaryl/α,β-unsaturated/α-hetero) is 1. The molecule has 2 saturated carbocycles. The van der Waals surface area contributed by atoms with E-state index in [0.29, 0.717) is 24.0 Å². The molecule has 0 aliphatic heterocycles. The van der Waals surface area contributed by atoms with Gasteiger partial charge in [0.15, 0.2) is 0 Å². The van der Waals surface area contributed by atoms with Crippen LogP contribution in [0.2, 0.25) is 0 Å². The van der Waals surface area contributed by atoms with Gasteiger partial charge in [0, 0.05) is 12.3 Å². The van der Waals surface area contributed by atoms with E-state index < -0.39 is 0 Å². The molecule has 0 unspecified atom stereocenters. The van der Waals surface area contributed by atoms with Crippen molar-refractivity contribution in [1.82, 2.24) is 0 Å². The number of hydrogen-bond donors (Lipinski definition) is 1. The molecule has 0 aromatic rings. The van der Waals surface area contributed by atoms with E-state index in [0.717, 1.165) is 25.7 Å². The number of aliphatic hydroxyl groups is 1. The zero-order chi connectivity index (χ0) is 11.5. The molecular formula is C14H24O2. The molecule has 2 aliphatic carbocycles. The minimum Gasteiger partial charge on any atom is -0.392 e. The molecule has 0 spiro atoms. The van der Waals surface area contributed by atoms with Crippen molar-refractivity contribution in [3.63, 3.8) is 0 Å². The molecule has 2 aliphatic rings. The smallest absolute Gasteiger partial charge is 0.138 e. The van der Waals surface area contributed by atoms with Gasteiger partial charge in [-0.3, -0.25) is 4.79 Å². The van der Waals surface area contributed by atoms with Gasteiger partial charge in [0.05, 0.1) is 6.10 Å². The summed E-state index contributed by atoms with van der Waals surface area (Å²) in [7, 11) is 0. The van der Waals surface area contributed by atoms with Crippen LogP contribution in [0, 0.1) is 17.8 Å². The quantitative estimate of drug-likeness (QED) is 0.800. The highest BCUT2D eigenvalue weighted by atomic mass is 16.3. The van der Waals surface area contributed by atoms with Gasteiger partial charge in [-0.2, -0.15) is 0 Å². The van der Waals surface area contributed by atoms with Crippen LogP contribution >= 0.6 is 0 Å². The first-order valence-corrected chi connectivity index (χ1v) is 6.94. The molecule has 2 nitrogen and oxygen atoms in total. The Bertz CT molecular complexity index is 243. The Kier molecular flexibility index (Phi) is 4.01. The predicted octanol–water partition coefficient (Wildman–Crippen LogP) is 2.93. The van der Waals surface area contributed by atoms with E-state index in [1.165, 1.54) is 19.3 Å². The molecule has 16 heavy (non-hydrogen) atoms. The van der Waals surface area contributed by atoms with Crippen LogP contribution in [-0.2, 0) is 4.79 Å². The van der Waals surface area contributed by atoms with E-state index in [1.54, 1.807) is 0 Å². The highest BCUT2D eigenvalue weighted by Crippen LogP contribution is 2.39. The fraction of sp³-hybridized carbons (Fsp3) is 0.929. The van der Waals surface area contributed by atoms with E-state index in [9.17, 15) is 9.90 Å². The fourth-order valence-corrected chi connectivity index (χ4v) is 3.63. The topological polar surface area (TPSA) is 37.3 Å². The van der Waals surface area contributed by atoms with Crippen LogP contribution in [0.25, 0.3) is 0 Å². The van der Waals surface area contributed by atoms with Gasteiger partial charge in [-0.05, 0) is 31.1 Å². The summed E-state index contributed by atoms with van der Waals surface area (Å²) in [5, 5.41) is 10.4. The standard InChI is InChI=1S/C14H24O2/c1-2-10-8-9-12(15)13(10)14(16)11-6-4-3-5-7-11/h10-11,13-14,16H,2-9H2,1H3/t10-,13+,14-/m0/s1. The molecule has 1 N–H and O–H groups in total. The van der Waals surface area contributed by atoms with Crippen LogP contribution in [0.4, 0.5) is 0 Å². The summed E-state index contributed by atoms with van der Waals surface area (Å²) < 4.78 is 0. The lowest BCUT2D eigenvalue weighted by atomic mass is 9.76. The molecule has 92 valence electrons. The van der Waals surface area contributed by atoms with Gasteiger partial charge < -0.3 is 5.11 Å². The summed E-state index contributed by atoms with van der Waals surface area (Å²) in [6.07, 6.45) is 8.43. The average Bonchev–Trinajstić information content (AvgIpc) is 2.70. The largest absolute Gasteiger partial charge is 0.392 e. The second kappa shape index (κ2) is 5.31. The molecule has 2 rings (SSSR count). The monoisotopic (exact) mass is 224 g/mol. The molecule has 0 amide bonds. The van der Waals surface area contributed by atoms with Crippen molar-refractivity contribution in [3.8, 4) is 0 Å². The second-order valence-electron chi connectivity index (χ2n) is 5.59. The number of carbonyl (C=O) groups excluding carboxylic acids is 1. The molecular weight excluding hydrogens is 200 g/mol. The minimum atomic E-state index is -0.347. The molecule has 0 bridgehead atoms. The first-order chi connectivity index (χ1) is 7.74. The highest BCUT2D eigenvalue weighted by molar-refractivity contribution is 5.84. The van der Waals surface area contributed by atoms with Crippen LogP contribution < -0.4 is 0 Å². The molecule has 3 atom stereocenters. The van der Waals surface area contributed by atoms with Crippen LogP contribution in [0.1, 0.15) is 58.3 Å². The Morgan fingerprint density at radius 1 is 1.25 bits per heavy atom. The molecule has 0 radical (unpaired) electrons. The summed E-state index contributed by atoms with van der Waals surface area (Å²) in [6.45, 7) is 2.14. The van der Waals surface area contributed by atoms with Gasteiger partial charge >= 0.3 is 0 Å². The Balaban J connectivity index is 2.00. The molecule has 2 heteroatoms. The molecule has 0 saturated heterocycles. The molecule has 0 heterocycles. The predicted molar refractivity (Wildman–Crippen MR) is 64.1 cm³/mol. The van der Waals surface area contributed by atoms with Crippen molar-refractivity contribution in [1.29, 1.82) is 0 Å². The summed E-state index contributed by atoms with van der Waals surface area (Å²) in [5.74, 6) is 1.14. The van der Waals surface area contributed by atoms with Crippen LogP contribution in [-0.4, -0.2) is 17.0 Å². The minimum absolute atomic E-state index is 0.0342. The van der Waals surface area contributed by atoms with Gasteiger partial charge in [0.2, 0.25) is 0 Å². The normalized spacial score (nSPS) is 34.2. The maximum Gasteiger partial charge on any atom is 0.138 e. The number of aliphatic hydroxyl groups excluding tert-OH is 1. The number of carbonyl (C=O) groups is 1. The Morgan fingerprint density at radius 3 is 2.56 bits per heavy atom. The van der Waals surface area contributed by atoms with Gasteiger partial charge in [-0.15, -0.1) is 0 Å². The van der Waals surface area contributed by atoms with Gasteiger partial charge in [0.1, 0.15) is 5.78 Å². The Labute approximate surface area is 98.4 Å². The fourth-order valence-electron chi connectivity index (χ4n) is 3.63. The van der Waals surface area contributed by atoms with E-state index >= 15 is 0 Å². The summed E-state index contributed by atoms with van der Waals surface area (Å²) in [5.41, 5.74) is 0. The zero-order valence-electron chi connectivity index (χ0n) is 10.3. The maximum atomic E-state index is 11.9. The van der Waals surface area contributed by atoms with Crippen molar-refractivity contribution >= 4 is 5.78 Å². The van der Waals surface area contributed by atoms with Crippen LogP contribution in [0.15, 0.2) is 0 Å². The van der Waals surface area contributed by atoms with Crippen molar-refractivity contribution in [2.75, 3.05) is 0 Å². The summed E-state index contributed by atoms with van der Waals surface area (Å²) in [6, 6.07) is 0. The van der Waals surface area contributed by atoms with Crippen molar-refractivity contribution in [2.24, 2.45) is 17.8 Å². The lowest BCUT2D eigenvalue weighted by molar-refractivity contribution is -0.126. The van der Waals surface area contributed by atoms with E-state index in [1.807, 2.05) is 0 Å². The van der Waals surface area contributed by atoms with Gasteiger partial charge in [0.25, 0.3) is 0 Å². The third kappa shape index (κ3) is 2.32.